The number of pyridine rings is 1. The molecule has 2 atom stereocenters. The van der Waals surface area contributed by atoms with E-state index in [4.69, 9.17) is 4.74 Å². The molecular formula is C23H21FN2O2. The fourth-order valence-electron chi connectivity index (χ4n) is 3.98. The lowest BCUT2D eigenvalue weighted by molar-refractivity contribution is 0.0934. The average Bonchev–Trinajstić information content (AvgIpc) is 3.45. The Labute approximate surface area is 162 Å². The van der Waals surface area contributed by atoms with E-state index in [0.29, 0.717) is 29.0 Å². The fraction of sp³-hybridized carbons (Fsp3) is 0.304. The van der Waals surface area contributed by atoms with Gasteiger partial charge in [0.05, 0.1) is 17.7 Å². The summed E-state index contributed by atoms with van der Waals surface area (Å²) in [6.45, 7) is 2.53. The molecule has 0 spiro atoms. The highest BCUT2D eigenvalue weighted by atomic mass is 19.1. The first-order valence-electron chi connectivity index (χ1n) is 9.73. The molecule has 1 aromatic heterocycles. The van der Waals surface area contributed by atoms with Crippen molar-refractivity contribution in [3.63, 3.8) is 0 Å². The second-order valence-corrected chi connectivity index (χ2v) is 7.75. The number of benzene rings is 2. The van der Waals surface area contributed by atoms with Gasteiger partial charge in [0.25, 0.3) is 5.91 Å². The molecule has 1 fully saturated rings. The molecule has 2 aromatic carbocycles. The van der Waals surface area contributed by atoms with Crippen molar-refractivity contribution in [2.24, 2.45) is 0 Å². The Morgan fingerprint density at radius 2 is 2.04 bits per heavy atom. The first kappa shape index (κ1) is 17.2. The fourth-order valence-corrected chi connectivity index (χ4v) is 3.98. The van der Waals surface area contributed by atoms with E-state index in [0.717, 1.165) is 29.8 Å². The molecule has 0 radical (unpaired) electrons. The molecule has 4 nitrogen and oxygen atoms in total. The number of hydrogen-bond donors (Lipinski definition) is 1. The summed E-state index contributed by atoms with van der Waals surface area (Å²) in [5.41, 5.74) is 3.19. The van der Waals surface area contributed by atoms with Crippen molar-refractivity contribution in [1.29, 1.82) is 0 Å². The molecule has 3 aromatic rings. The van der Waals surface area contributed by atoms with E-state index in [1.807, 2.05) is 37.3 Å². The number of carbonyl (C=O) groups is 1. The molecule has 0 bridgehead atoms. The number of carbonyl (C=O) groups excluding carboxylic acids is 1. The summed E-state index contributed by atoms with van der Waals surface area (Å²) in [6.07, 6.45) is 2.18. The maximum absolute atomic E-state index is 13.8. The average molecular weight is 376 g/mol. The molecule has 1 amide bonds. The van der Waals surface area contributed by atoms with Crippen LogP contribution in [0.4, 0.5) is 4.39 Å². The maximum atomic E-state index is 13.8. The summed E-state index contributed by atoms with van der Waals surface area (Å²) in [6, 6.07) is 14.1. The van der Waals surface area contributed by atoms with Gasteiger partial charge in [0.15, 0.2) is 0 Å². The van der Waals surface area contributed by atoms with Crippen LogP contribution in [-0.2, 0) is 0 Å². The second kappa shape index (κ2) is 6.59. The zero-order valence-corrected chi connectivity index (χ0v) is 15.6. The third-order valence-corrected chi connectivity index (χ3v) is 5.73. The SMILES string of the molecule is CC(NC(=O)c1cc(C2CC2)nc2ccc(F)cc12)C1COc2ccccc21. The molecule has 1 aliphatic carbocycles. The van der Waals surface area contributed by atoms with Gasteiger partial charge in [0, 0.05) is 34.5 Å². The monoisotopic (exact) mass is 376 g/mol. The summed E-state index contributed by atoms with van der Waals surface area (Å²) >= 11 is 0. The highest BCUT2D eigenvalue weighted by Crippen LogP contribution is 2.40. The second-order valence-electron chi connectivity index (χ2n) is 7.75. The van der Waals surface area contributed by atoms with Gasteiger partial charge in [0.1, 0.15) is 11.6 Å². The third kappa shape index (κ3) is 3.01. The number of aromatic nitrogens is 1. The molecule has 2 aliphatic rings. The van der Waals surface area contributed by atoms with E-state index in [-0.39, 0.29) is 23.7 Å². The van der Waals surface area contributed by atoms with E-state index < -0.39 is 0 Å². The van der Waals surface area contributed by atoms with Crippen LogP contribution in [0.2, 0.25) is 0 Å². The molecule has 2 unspecified atom stereocenters. The topological polar surface area (TPSA) is 51.2 Å². The first-order valence-corrected chi connectivity index (χ1v) is 9.73. The smallest absolute Gasteiger partial charge is 0.252 e. The number of ether oxygens (including phenoxy) is 1. The van der Waals surface area contributed by atoms with Gasteiger partial charge in [-0.2, -0.15) is 0 Å². The van der Waals surface area contributed by atoms with Crippen molar-refractivity contribution in [2.45, 2.75) is 37.6 Å². The Kier molecular flexibility index (Phi) is 4.04. The van der Waals surface area contributed by atoms with Gasteiger partial charge in [-0.05, 0) is 50.1 Å². The van der Waals surface area contributed by atoms with Crippen LogP contribution in [0.5, 0.6) is 5.75 Å². The van der Waals surface area contributed by atoms with Crippen molar-refractivity contribution < 1.29 is 13.9 Å². The van der Waals surface area contributed by atoms with Crippen molar-refractivity contribution in [1.82, 2.24) is 10.3 Å². The van der Waals surface area contributed by atoms with Gasteiger partial charge < -0.3 is 10.1 Å². The molecule has 142 valence electrons. The Bertz CT molecular complexity index is 1080. The van der Waals surface area contributed by atoms with Crippen LogP contribution in [0.15, 0.2) is 48.5 Å². The molecule has 28 heavy (non-hydrogen) atoms. The van der Waals surface area contributed by atoms with Crippen molar-refractivity contribution >= 4 is 16.8 Å². The van der Waals surface area contributed by atoms with Gasteiger partial charge in [0.2, 0.25) is 0 Å². The molecular weight excluding hydrogens is 355 g/mol. The van der Waals surface area contributed by atoms with Crippen molar-refractivity contribution in [3.8, 4) is 5.75 Å². The van der Waals surface area contributed by atoms with Crippen molar-refractivity contribution in [3.05, 3.63) is 71.2 Å². The number of fused-ring (bicyclic) bond motifs is 2. The number of rotatable bonds is 4. The highest BCUT2D eigenvalue weighted by molar-refractivity contribution is 6.06. The number of nitrogens with zero attached hydrogens (tertiary/aromatic N) is 1. The van der Waals surface area contributed by atoms with Gasteiger partial charge >= 0.3 is 0 Å². The molecule has 1 aliphatic heterocycles. The minimum Gasteiger partial charge on any atom is -0.493 e. The third-order valence-electron chi connectivity index (χ3n) is 5.73. The number of hydrogen-bond acceptors (Lipinski definition) is 3. The summed E-state index contributed by atoms with van der Waals surface area (Å²) < 4.78 is 19.6. The lowest BCUT2D eigenvalue weighted by Gasteiger charge is -2.20. The van der Waals surface area contributed by atoms with E-state index in [2.05, 4.69) is 10.3 Å². The Morgan fingerprint density at radius 3 is 2.86 bits per heavy atom. The standard InChI is InChI=1S/C23H21FN2O2/c1-13(19-12-28-22-5-3-2-4-16(19)22)25-23(27)18-11-21(14-6-7-14)26-20-9-8-15(24)10-17(18)20/h2-5,8-11,13-14,19H,6-7,12H2,1H3,(H,25,27). The van der Waals surface area contributed by atoms with Crippen LogP contribution in [0.1, 0.15) is 53.2 Å². The summed E-state index contributed by atoms with van der Waals surface area (Å²) in [5, 5.41) is 3.66. The van der Waals surface area contributed by atoms with Gasteiger partial charge in [-0.1, -0.05) is 18.2 Å². The number of nitrogens with one attached hydrogen (secondary N) is 1. The normalized spacial score (nSPS) is 19.1. The number of halogens is 1. The maximum Gasteiger partial charge on any atom is 0.252 e. The largest absolute Gasteiger partial charge is 0.493 e. The lowest BCUT2D eigenvalue weighted by Crippen LogP contribution is -2.37. The van der Waals surface area contributed by atoms with Crippen LogP contribution >= 0.6 is 0 Å². The molecule has 1 saturated carbocycles. The van der Waals surface area contributed by atoms with Crippen LogP contribution in [0.25, 0.3) is 10.9 Å². The summed E-state index contributed by atoms with van der Waals surface area (Å²) in [5.74, 6) is 0.813. The molecule has 5 rings (SSSR count). The highest BCUT2D eigenvalue weighted by Gasteiger charge is 2.31. The Morgan fingerprint density at radius 1 is 1.21 bits per heavy atom. The molecule has 1 N–H and O–H groups in total. The summed E-state index contributed by atoms with van der Waals surface area (Å²) in [7, 11) is 0. The quantitative estimate of drug-likeness (QED) is 0.727. The van der Waals surface area contributed by atoms with Crippen LogP contribution in [-0.4, -0.2) is 23.5 Å². The molecule has 0 saturated heterocycles. The zero-order valence-electron chi connectivity index (χ0n) is 15.6. The number of amides is 1. The first-order chi connectivity index (χ1) is 13.6. The van der Waals surface area contributed by atoms with Gasteiger partial charge in [-0.3, -0.25) is 9.78 Å². The summed E-state index contributed by atoms with van der Waals surface area (Å²) in [4.78, 5) is 17.8. The minimum atomic E-state index is -0.367. The number of para-hydroxylation sites is 1. The molecule has 2 heterocycles. The lowest BCUT2D eigenvalue weighted by atomic mass is 9.94. The van der Waals surface area contributed by atoms with E-state index >= 15 is 0 Å². The van der Waals surface area contributed by atoms with Gasteiger partial charge in [-0.15, -0.1) is 0 Å². The van der Waals surface area contributed by atoms with Crippen LogP contribution in [0.3, 0.4) is 0 Å². The van der Waals surface area contributed by atoms with Crippen LogP contribution in [0, 0.1) is 5.82 Å². The predicted octanol–water partition coefficient (Wildman–Crippen LogP) is 4.55. The van der Waals surface area contributed by atoms with Gasteiger partial charge in [-0.25, -0.2) is 4.39 Å². The Hall–Kier alpha value is -2.95. The predicted molar refractivity (Wildman–Crippen MR) is 105 cm³/mol. The molecule has 5 heteroatoms. The van der Waals surface area contributed by atoms with E-state index in [1.165, 1.54) is 12.1 Å². The van der Waals surface area contributed by atoms with E-state index in [9.17, 15) is 9.18 Å². The van der Waals surface area contributed by atoms with E-state index in [1.54, 1.807) is 6.07 Å². The van der Waals surface area contributed by atoms with Crippen molar-refractivity contribution in [2.75, 3.05) is 6.61 Å². The zero-order chi connectivity index (χ0) is 19.3. The minimum absolute atomic E-state index is 0.0906. The van der Waals surface area contributed by atoms with Crippen LogP contribution < -0.4 is 10.1 Å². The Balaban J connectivity index is 1.46.